The van der Waals surface area contributed by atoms with Gasteiger partial charge in [-0.3, -0.25) is 4.90 Å². The number of thiocarbonyl (C=S) groups is 1. The summed E-state index contributed by atoms with van der Waals surface area (Å²) >= 11 is 18.4. The van der Waals surface area contributed by atoms with Crippen molar-refractivity contribution >= 4 is 40.4 Å². The predicted octanol–water partition coefficient (Wildman–Crippen LogP) is 5.73. The third-order valence-corrected chi connectivity index (χ3v) is 8.15. The Balaban J connectivity index is 1.56. The third-order valence-electron chi connectivity index (χ3n) is 7.03. The quantitative estimate of drug-likeness (QED) is 0.480. The van der Waals surface area contributed by atoms with E-state index in [0.29, 0.717) is 41.8 Å². The molecule has 2 heterocycles. The van der Waals surface area contributed by atoms with Crippen LogP contribution in [0.2, 0.25) is 10.0 Å². The van der Waals surface area contributed by atoms with E-state index < -0.39 is 0 Å². The molecule has 0 radical (unpaired) electrons. The fourth-order valence-corrected chi connectivity index (χ4v) is 6.25. The van der Waals surface area contributed by atoms with Crippen molar-refractivity contribution in [2.45, 2.75) is 76.2 Å². The van der Waals surface area contributed by atoms with Gasteiger partial charge >= 0.3 is 0 Å². The second-order valence-corrected chi connectivity index (χ2v) is 10.4. The summed E-state index contributed by atoms with van der Waals surface area (Å²) in [6.45, 7) is 7.02. The van der Waals surface area contributed by atoms with E-state index in [1.165, 1.54) is 25.9 Å². The van der Waals surface area contributed by atoms with Crippen molar-refractivity contribution in [1.29, 1.82) is 0 Å². The molecule has 4 nitrogen and oxygen atoms in total. The first kappa shape index (κ1) is 23.7. The van der Waals surface area contributed by atoms with Gasteiger partial charge < -0.3 is 14.4 Å². The lowest BCUT2D eigenvalue weighted by atomic mass is 9.98. The average Bonchev–Trinajstić information content (AvgIpc) is 3.41. The van der Waals surface area contributed by atoms with E-state index >= 15 is 0 Å². The average molecular weight is 486 g/mol. The van der Waals surface area contributed by atoms with Crippen LogP contribution in [-0.4, -0.2) is 65.5 Å². The van der Waals surface area contributed by atoms with E-state index in [1.54, 1.807) is 0 Å². The van der Waals surface area contributed by atoms with Crippen LogP contribution in [0.1, 0.15) is 57.4 Å². The van der Waals surface area contributed by atoms with Crippen LogP contribution in [0.25, 0.3) is 0 Å². The molecule has 3 aliphatic rings. The molecule has 172 valence electrons. The van der Waals surface area contributed by atoms with E-state index in [4.69, 9.17) is 44.9 Å². The normalized spacial score (nSPS) is 26.3. The molecule has 0 bridgehead atoms. The van der Waals surface area contributed by atoms with Crippen LogP contribution in [0.15, 0.2) is 18.2 Å². The van der Waals surface area contributed by atoms with Crippen LogP contribution in [0.3, 0.4) is 0 Å². The Morgan fingerprint density at radius 3 is 2.52 bits per heavy atom. The molecule has 1 spiro atoms. The Labute approximate surface area is 202 Å². The molecule has 7 heteroatoms. The molecular weight excluding hydrogens is 451 g/mol. The maximum atomic E-state index is 6.26. The number of hydrogen-bond donors (Lipinski definition) is 0. The zero-order valence-corrected chi connectivity index (χ0v) is 20.8. The van der Waals surface area contributed by atoms with E-state index in [1.807, 2.05) is 18.2 Å². The van der Waals surface area contributed by atoms with Crippen molar-refractivity contribution in [3.63, 3.8) is 0 Å². The summed E-state index contributed by atoms with van der Waals surface area (Å²) in [6.07, 6.45) is 8.44. The topological polar surface area (TPSA) is 24.9 Å². The molecule has 0 aromatic heterocycles. The van der Waals surface area contributed by atoms with Gasteiger partial charge in [0.2, 0.25) is 0 Å². The minimum absolute atomic E-state index is 0.379. The molecule has 1 saturated carbocycles. The first-order chi connectivity index (χ1) is 15.0. The van der Waals surface area contributed by atoms with E-state index in [0.717, 1.165) is 49.2 Å². The van der Waals surface area contributed by atoms with Gasteiger partial charge in [0.15, 0.2) is 5.79 Å². The lowest BCUT2D eigenvalue weighted by Gasteiger charge is -2.42. The number of hydrogen-bond acceptors (Lipinski definition) is 4. The number of ether oxygens (including phenoxy) is 2. The molecule has 31 heavy (non-hydrogen) atoms. The molecule has 0 amide bonds. The van der Waals surface area contributed by atoms with Crippen LogP contribution < -0.4 is 0 Å². The van der Waals surface area contributed by atoms with Crippen LogP contribution in [0, 0.1) is 0 Å². The summed E-state index contributed by atoms with van der Waals surface area (Å²) in [5.41, 5.74) is 1.12. The molecule has 1 aliphatic carbocycles. The zero-order valence-electron chi connectivity index (χ0n) is 18.5. The summed E-state index contributed by atoms with van der Waals surface area (Å²) in [7, 11) is 0. The maximum absolute atomic E-state index is 6.26. The second kappa shape index (κ2) is 10.7. The second-order valence-electron chi connectivity index (χ2n) is 9.08. The van der Waals surface area contributed by atoms with Gasteiger partial charge in [-0.25, -0.2) is 0 Å². The van der Waals surface area contributed by atoms with Gasteiger partial charge in [-0.05, 0) is 62.9 Å². The largest absolute Gasteiger partial charge is 0.361 e. The summed E-state index contributed by atoms with van der Waals surface area (Å²) in [6, 6.07) is 6.72. The maximum Gasteiger partial charge on any atom is 0.168 e. The highest BCUT2D eigenvalue weighted by Crippen LogP contribution is 2.38. The standard InChI is InChI=1S/C24H34Cl2N2O2S/c1-2-11-28(23(31)17-18-5-6-19(25)20(26)16-18)22-8-10-24(29-14-15-30-24)9-7-21(22)27-12-3-4-13-27/h5-6,16,21-22H,2-4,7-15,17H2,1H3. The van der Waals surface area contributed by atoms with Crippen molar-refractivity contribution in [2.75, 3.05) is 32.8 Å². The minimum Gasteiger partial charge on any atom is -0.361 e. The zero-order chi connectivity index (χ0) is 21.8. The van der Waals surface area contributed by atoms with Crippen LogP contribution in [-0.2, 0) is 15.9 Å². The third kappa shape index (κ3) is 5.56. The molecule has 2 unspecified atom stereocenters. The number of likely N-dealkylation sites (tertiary alicyclic amines) is 1. The van der Waals surface area contributed by atoms with Gasteiger partial charge in [-0.2, -0.15) is 0 Å². The summed E-state index contributed by atoms with van der Waals surface area (Å²) in [5, 5.41) is 1.17. The summed E-state index contributed by atoms with van der Waals surface area (Å²) < 4.78 is 12.2. The lowest BCUT2D eigenvalue weighted by Crippen LogP contribution is -2.52. The molecule has 0 N–H and O–H groups in total. The molecule has 1 aromatic rings. The Morgan fingerprint density at radius 1 is 1.13 bits per heavy atom. The van der Waals surface area contributed by atoms with Crippen LogP contribution >= 0.6 is 35.4 Å². The van der Waals surface area contributed by atoms with Gasteiger partial charge in [-0.1, -0.05) is 48.4 Å². The molecule has 4 rings (SSSR count). The highest BCUT2D eigenvalue weighted by atomic mass is 35.5. The SMILES string of the molecule is CCCN(C(=S)Cc1ccc(Cl)c(Cl)c1)C1CCC2(CCC1N1CCCC1)OCCO2. The first-order valence-electron chi connectivity index (χ1n) is 11.8. The molecular formula is C24H34Cl2N2O2S. The fourth-order valence-electron chi connectivity index (χ4n) is 5.54. The van der Waals surface area contributed by atoms with E-state index in [9.17, 15) is 0 Å². The molecule has 2 saturated heterocycles. The Morgan fingerprint density at radius 2 is 1.84 bits per heavy atom. The highest BCUT2D eigenvalue weighted by Gasteiger charge is 2.44. The van der Waals surface area contributed by atoms with Crippen molar-refractivity contribution in [2.24, 2.45) is 0 Å². The van der Waals surface area contributed by atoms with E-state index in [2.05, 4.69) is 16.7 Å². The van der Waals surface area contributed by atoms with Crippen molar-refractivity contribution in [3.05, 3.63) is 33.8 Å². The Bertz CT molecular complexity index is 766. The Hall–Kier alpha value is -0.430. The van der Waals surface area contributed by atoms with E-state index in [-0.39, 0.29) is 5.79 Å². The predicted molar refractivity (Wildman–Crippen MR) is 131 cm³/mol. The number of halogens is 2. The molecule has 3 fully saturated rings. The molecule has 2 atom stereocenters. The van der Waals surface area contributed by atoms with Crippen molar-refractivity contribution < 1.29 is 9.47 Å². The van der Waals surface area contributed by atoms with Crippen LogP contribution in [0.5, 0.6) is 0 Å². The first-order valence-corrected chi connectivity index (χ1v) is 12.9. The Kier molecular flexibility index (Phi) is 8.16. The minimum atomic E-state index is -0.379. The van der Waals surface area contributed by atoms with Gasteiger partial charge in [0.25, 0.3) is 0 Å². The highest BCUT2D eigenvalue weighted by molar-refractivity contribution is 7.80. The molecule has 2 aliphatic heterocycles. The lowest BCUT2D eigenvalue weighted by molar-refractivity contribution is -0.166. The van der Waals surface area contributed by atoms with Gasteiger partial charge in [0, 0.05) is 37.9 Å². The van der Waals surface area contributed by atoms with Crippen molar-refractivity contribution in [1.82, 2.24) is 9.80 Å². The fraction of sp³-hybridized carbons (Fsp3) is 0.708. The smallest absolute Gasteiger partial charge is 0.168 e. The summed E-state index contributed by atoms with van der Waals surface area (Å²) in [4.78, 5) is 6.20. The van der Waals surface area contributed by atoms with Crippen molar-refractivity contribution in [3.8, 4) is 0 Å². The van der Waals surface area contributed by atoms with Crippen LogP contribution in [0.4, 0.5) is 0 Å². The van der Waals surface area contributed by atoms with Gasteiger partial charge in [0.1, 0.15) is 0 Å². The number of nitrogens with zero attached hydrogens (tertiary/aromatic N) is 2. The number of benzene rings is 1. The monoisotopic (exact) mass is 484 g/mol. The number of rotatable bonds is 6. The van der Waals surface area contributed by atoms with Gasteiger partial charge in [-0.15, -0.1) is 0 Å². The van der Waals surface area contributed by atoms with Gasteiger partial charge in [0.05, 0.1) is 28.2 Å². The molecule has 1 aromatic carbocycles. The summed E-state index contributed by atoms with van der Waals surface area (Å²) in [5.74, 6) is -0.379.